The van der Waals surface area contributed by atoms with Crippen LogP contribution in [0.2, 0.25) is 0 Å². The summed E-state index contributed by atoms with van der Waals surface area (Å²) in [5, 5.41) is 11.9. The molecule has 0 radical (unpaired) electrons. The minimum Gasteiger partial charge on any atom is -0.497 e. The fraction of sp³-hybridized carbons (Fsp3) is 0.533. The summed E-state index contributed by atoms with van der Waals surface area (Å²) in [7, 11) is 3.75. The molecule has 0 unspecified atom stereocenters. The van der Waals surface area contributed by atoms with Crippen molar-refractivity contribution < 1.29 is 19.4 Å². The van der Waals surface area contributed by atoms with E-state index in [1.165, 1.54) is 16.5 Å². The maximum atomic E-state index is 13.9. The zero-order chi connectivity index (χ0) is 27.0. The Morgan fingerprint density at radius 2 is 1.85 bits per heavy atom. The van der Waals surface area contributed by atoms with E-state index in [1.54, 1.807) is 7.11 Å². The number of morpholine rings is 1. The number of aromatic nitrogens is 2. The molecule has 1 aromatic carbocycles. The number of likely N-dealkylation sites (tertiary alicyclic amines) is 1. The molecule has 1 N–H and O–H groups in total. The van der Waals surface area contributed by atoms with Gasteiger partial charge < -0.3 is 24.0 Å². The molecule has 0 aliphatic carbocycles. The number of carbonyl (C=O) groups is 1. The van der Waals surface area contributed by atoms with Gasteiger partial charge in [0.15, 0.2) is 0 Å². The van der Waals surface area contributed by atoms with Crippen molar-refractivity contribution in [1.29, 1.82) is 0 Å². The summed E-state index contributed by atoms with van der Waals surface area (Å²) in [6, 6.07) is 10.1. The van der Waals surface area contributed by atoms with Gasteiger partial charge >= 0.3 is 0 Å². The molecule has 6 rings (SSSR count). The van der Waals surface area contributed by atoms with E-state index in [9.17, 15) is 9.90 Å². The van der Waals surface area contributed by atoms with Gasteiger partial charge in [0.05, 0.1) is 45.0 Å². The number of hydrogen-bond acceptors (Lipinski definition) is 7. The molecule has 3 aliphatic rings. The van der Waals surface area contributed by atoms with Crippen molar-refractivity contribution in [2.75, 3.05) is 66.2 Å². The molecule has 3 aliphatic heterocycles. The number of aliphatic hydroxyl groups excluding tert-OH is 1. The van der Waals surface area contributed by atoms with Gasteiger partial charge in [-0.2, -0.15) is 0 Å². The number of fused-ring (bicyclic) bond motifs is 4. The number of hydrogen-bond donors (Lipinski definition) is 1. The van der Waals surface area contributed by atoms with Crippen molar-refractivity contribution in [1.82, 2.24) is 24.3 Å². The highest BCUT2D eigenvalue weighted by Gasteiger charge is 2.49. The van der Waals surface area contributed by atoms with Crippen LogP contribution in [0, 0.1) is 0 Å². The lowest BCUT2D eigenvalue weighted by molar-refractivity contribution is -0.139. The van der Waals surface area contributed by atoms with Crippen LogP contribution in [0.5, 0.6) is 5.75 Å². The second-order valence-electron chi connectivity index (χ2n) is 11.2. The molecule has 0 saturated carbocycles. The first kappa shape index (κ1) is 26.3. The van der Waals surface area contributed by atoms with E-state index in [0.717, 1.165) is 62.5 Å². The molecule has 2 fully saturated rings. The number of methoxy groups -OCH3 is 1. The van der Waals surface area contributed by atoms with E-state index in [0.29, 0.717) is 26.3 Å². The minimum absolute atomic E-state index is 0.0861. The predicted octanol–water partition coefficient (Wildman–Crippen LogP) is 2.32. The van der Waals surface area contributed by atoms with Gasteiger partial charge in [-0.05, 0) is 61.3 Å². The van der Waals surface area contributed by atoms with Gasteiger partial charge in [-0.3, -0.25) is 19.6 Å². The monoisotopic (exact) mass is 533 g/mol. The summed E-state index contributed by atoms with van der Waals surface area (Å²) < 4.78 is 13.2. The Kier molecular flexibility index (Phi) is 7.33. The van der Waals surface area contributed by atoms with Gasteiger partial charge in [0.1, 0.15) is 5.75 Å². The molecule has 208 valence electrons. The second-order valence-corrected chi connectivity index (χ2v) is 11.2. The summed E-state index contributed by atoms with van der Waals surface area (Å²) in [4.78, 5) is 24.7. The zero-order valence-corrected chi connectivity index (χ0v) is 23.0. The molecule has 3 aromatic rings. The van der Waals surface area contributed by atoms with Crippen molar-refractivity contribution in [3.63, 3.8) is 0 Å². The van der Waals surface area contributed by atoms with E-state index >= 15 is 0 Å². The lowest BCUT2D eigenvalue weighted by atomic mass is 9.68. The second kappa shape index (κ2) is 10.9. The van der Waals surface area contributed by atoms with Crippen LogP contribution >= 0.6 is 0 Å². The van der Waals surface area contributed by atoms with Crippen LogP contribution in [0.25, 0.3) is 10.9 Å². The fourth-order valence-electron chi connectivity index (χ4n) is 6.96. The number of piperidine rings is 1. The Morgan fingerprint density at radius 3 is 2.54 bits per heavy atom. The Balaban J connectivity index is 1.37. The SMILES string of the molecule is COc1ccc2c3c(n(C)c2c1)[C@@H](CO)N(C(=O)CN1CCOCC1)CC31CCN(Cc2ccncc2)CC1. The number of carbonyl (C=O) groups excluding carboxylic acids is 1. The number of amides is 1. The third-order valence-electron chi connectivity index (χ3n) is 9.07. The molecule has 1 spiro atoms. The van der Waals surface area contributed by atoms with Crippen LogP contribution in [0.3, 0.4) is 0 Å². The van der Waals surface area contributed by atoms with Crippen molar-refractivity contribution in [3.8, 4) is 5.75 Å². The summed E-state index contributed by atoms with van der Waals surface area (Å²) >= 11 is 0. The number of rotatable bonds is 6. The number of ether oxygens (including phenoxy) is 2. The summed E-state index contributed by atoms with van der Waals surface area (Å²) in [5.41, 5.74) is 4.54. The quantitative estimate of drug-likeness (QED) is 0.521. The van der Waals surface area contributed by atoms with Crippen LogP contribution < -0.4 is 4.74 Å². The van der Waals surface area contributed by atoms with E-state index in [-0.39, 0.29) is 24.0 Å². The summed E-state index contributed by atoms with van der Waals surface area (Å²) in [6.45, 7) is 6.51. The maximum Gasteiger partial charge on any atom is 0.237 e. The molecule has 39 heavy (non-hydrogen) atoms. The van der Waals surface area contributed by atoms with Crippen LogP contribution in [-0.4, -0.2) is 101 Å². The Labute approximate surface area is 229 Å². The molecule has 1 amide bonds. The standard InChI is InChI=1S/C30H39N5O4/c1-32-25-17-23(38-2)3-4-24(25)28-29(32)26(20-36)35(27(37)19-34-13-15-39-16-14-34)21-30(28)7-11-33(12-8-30)18-22-5-9-31-10-6-22/h3-6,9-10,17,26,36H,7-8,11-16,18-21H2,1-2H3/t26-/m1/s1. The third-order valence-corrected chi connectivity index (χ3v) is 9.07. The highest BCUT2D eigenvalue weighted by Crippen LogP contribution is 2.50. The average molecular weight is 534 g/mol. The van der Waals surface area contributed by atoms with E-state index in [1.807, 2.05) is 23.4 Å². The molecule has 9 nitrogen and oxygen atoms in total. The van der Waals surface area contributed by atoms with Crippen LogP contribution in [-0.2, 0) is 28.5 Å². The normalized spacial score (nSPS) is 21.8. The molecule has 5 heterocycles. The molecule has 1 atom stereocenters. The highest BCUT2D eigenvalue weighted by molar-refractivity contribution is 5.90. The smallest absolute Gasteiger partial charge is 0.237 e. The Hall–Kier alpha value is -2.98. The Morgan fingerprint density at radius 1 is 1.10 bits per heavy atom. The van der Waals surface area contributed by atoms with Crippen LogP contribution in [0.4, 0.5) is 0 Å². The van der Waals surface area contributed by atoms with Gasteiger partial charge in [0.25, 0.3) is 0 Å². The van der Waals surface area contributed by atoms with Gasteiger partial charge in [-0.15, -0.1) is 0 Å². The van der Waals surface area contributed by atoms with Crippen molar-refractivity contribution in [2.45, 2.75) is 30.8 Å². The van der Waals surface area contributed by atoms with Crippen LogP contribution in [0.15, 0.2) is 42.7 Å². The first-order valence-corrected chi connectivity index (χ1v) is 14.0. The first-order valence-electron chi connectivity index (χ1n) is 14.0. The molecule has 2 aromatic heterocycles. The van der Waals surface area contributed by atoms with E-state index in [4.69, 9.17) is 9.47 Å². The van der Waals surface area contributed by atoms with E-state index in [2.05, 4.69) is 50.7 Å². The zero-order valence-electron chi connectivity index (χ0n) is 23.0. The van der Waals surface area contributed by atoms with Crippen molar-refractivity contribution in [3.05, 3.63) is 59.5 Å². The lowest BCUT2D eigenvalue weighted by Gasteiger charge is -2.51. The number of aliphatic hydroxyl groups is 1. The summed E-state index contributed by atoms with van der Waals surface area (Å²) in [6.07, 6.45) is 5.61. The van der Waals surface area contributed by atoms with Gasteiger partial charge in [0, 0.05) is 68.2 Å². The topological polar surface area (TPSA) is 83.3 Å². The van der Waals surface area contributed by atoms with E-state index < -0.39 is 0 Å². The minimum atomic E-state index is -0.377. The van der Waals surface area contributed by atoms with Crippen LogP contribution in [0.1, 0.15) is 35.7 Å². The van der Waals surface area contributed by atoms with Gasteiger partial charge in [-0.1, -0.05) is 0 Å². The maximum absolute atomic E-state index is 13.9. The number of aryl methyl sites for hydroxylation is 1. The number of pyridine rings is 1. The number of benzene rings is 1. The Bertz CT molecular complexity index is 1310. The summed E-state index contributed by atoms with van der Waals surface area (Å²) in [5.74, 6) is 0.894. The van der Waals surface area contributed by atoms with Gasteiger partial charge in [-0.25, -0.2) is 0 Å². The molecule has 2 saturated heterocycles. The predicted molar refractivity (Wildman–Crippen MR) is 149 cm³/mol. The molecular formula is C30H39N5O4. The highest BCUT2D eigenvalue weighted by atomic mass is 16.5. The molecule has 0 bridgehead atoms. The van der Waals surface area contributed by atoms with Gasteiger partial charge in [0.2, 0.25) is 5.91 Å². The molecular weight excluding hydrogens is 494 g/mol. The third kappa shape index (κ3) is 4.82. The molecule has 9 heteroatoms. The number of nitrogens with zero attached hydrogens (tertiary/aromatic N) is 5. The lowest BCUT2D eigenvalue weighted by Crippen LogP contribution is -2.57. The fourth-order valence-corrected chi connectivity index (χ4v) is 6.96. The first-order chi connectivity index (χ1) is 19.0. The van der Waals surface area contributed by atoms with Crippen molar-refractivity contribution >= 4 is 16.8 Å². The average Bonchev–Trinajstić information content (AvgIpc) is 3.27. The largest absolute Gasteiger partial charge is 0.497 e. The van der Waals surface area contributed by atoms with Crippen molar-refractivity contribution in [2.24, 2.45) is 7.05 Å².